The number of hydrogen-bond acceptors (Lipinski definition) is 4. The Morgan fingerprint density at radius 2 is 1.81 bits per heavy atom. The Hall–Kier alpha value is -3.07. The molecule has 0 fully saturated rings. The summed E-state index contributed by atoms with van der Waals surface area (Å²) in [5.41, 5.74) is -0.722. The molecule has 1 amide bonds. The van der Waals surface area contributed by atoms with Crippen LogP contribution in [0.4, 0.5) is 24.5 Å². The highest BCUT2D eigenvalue weighted by Gasteiger charge is 2.24. The third-order valence-corrected chi connectivity index (χ3v) is 3.51. The van der Waals surface area contributed by atoms with Crippen molar-refractivity contribution in [2.75, 3.05) is 11.9 Å². The highest BCUT2D eigenvalue weighted by Crippen LogP contribution is 2.28. The van der Waals surface area contributed by atoms with Crippen molar-refractivity contribution in [3.05, 3.63) is 58.9 Å². The summed E-state index contributed by atoms with van der Waals surface area (Å²) in [7, 11) is 0. The molecule has 0 aliphatic carbocycles. The number of aliphatic carboxylic acids is 1. The van der Waals surface area contributed by atoms with Crippen LogP contribution in [0.25, 0.3) is 0 Å². The van der Waals surface area contributed by atoms with Gasteiger partial charge >= 0.3 is 5.97 Å². The lowest BCUT2D eigenvalue weighted by atomic mass is 10.1. The van der Waals surface area contributed by atoms with Gasteiger partial charge in [0.15, 0.2) is 17.7 Å². The van der Waals surface area contributed by atoms with E-state index in [1.165, 1.54) is 12.1 Å². The Labute approximate surface area is 146 Å². The van der Waals surface area contributed by atoms with Gasteiger partial charge in [-0.05, 0) is 36.8 Å². The van der Waals surface area contributed by atoms with Crippen molar-refractivity contribution < 1.29 is 33.0 Å². The molecule has 0 aromatic heterocycles. The normalized spacial score (nSPS) is 11.7. The fourth-order valence-electron chi connectivity index (χ4n) is 2.14. The Balaban J connectivity index is 2.43. The van der Waals surface area contributed by atoms with Crippen LogP contribution in [-0.2, 0) is 4.79 Å². The highest BCUT2D eigenvalue weighted by atomic mass is 19.2. The van der Waals surface area contributed by atoms with Crippen molar-refractivity contribution in [1.82, 2.24) is 5.32 Å². The largest absolute Gasteiger partial charge is 0.480 e. The van der Waals surface area contributed by atoms with E-state index in [-0.39, 0.29) is 5.69 Å². The van der Waals surface area contributed by atoms with Crippen LogP contribution < -0.4 is 10.6 Å². The molecule has 0 radical (unpaired) electrons. The van der Waals surface area contributed by atoms with E-state index in [1.807, 2.05) is 5.32 Å². The first-order valence-corrected chi connectivity index (χ1v) is 7.40. The van der Waals surface area contributed by atoms with Gasteiger partial charge in [-0.25, -0.2) is 18.0 Å². The van der Waals surface area contributed by atoms with E-state index in [9.17, 15) is 22.8 Å². The number of carbonyl (C=O) groups excluding carboxylic acids is 1. The molecule has 2 aromatic rings. The predicted molar refractivity (Wildman–Crippen MR) is 86.8 cm³/mol. The number of rotatable bonds is 6. The minimum atomic E-state index is -1.64. The van der Waals surface area contributed by atoms with Gasteiger partial charge in [-0.2, -0.15) is 0 Å². The SMILES string of the molecule is Cc1ccc(Nc2c(C(=O)N[C@@H](CO)C(=O)O)ccc(F)c2F)c(F)c1. The van der Waals surface area contributed by atoms with Gasteiger partial charge in [-0.15, -0.1) is 0 Å². The van der Waals surface area contributed by atoms with Gasteiger partial charge in [0.1, 0.15) is 5.82 Å². The number of aliphatic hydroxyl groups is 1. The monoisotopic (exact) mass is 368 g/mol. The Kier molecular flexibility index (Phi) is 5.83. The third-order valence-electron chi connectivity index (χ3n) is 3.51. The first-order valence-electron chi connectivity index (χ1n) is 7.40. The Morgan fingerprint density at radius 1 is 1.12 bits per heavy atom. The number of aryl methyl sites for hydroxylation is 1. The molecular weight excluding hydrogens is 353 g/mol. The highest BCUT2D eigenvalue weighted by molar-refractivity contribution is 6.02. The number of nitrogens with one attached hydrogen (secondary N) is 2. The second-order valence-corrected chi connectivity index (χ2v) is 5.44. The molecule has 0 spiro atoms. The van der Waals surface area contributed by atoms with Gasteiger partial charge in [0.25, 0.3) is 5.91 Å². The molecule has 4 N–H and O–H groups in total. The van der Waals surface area contributed by atoms with Gasteiger partial charge in [0, 0.05) is 0 Å². The fraction of sp³-hybridized carbons (Fsp3) is 0.176. The zero-order valence-corrected chi connectivity index (χ0v) is 13.5. The van der Waals surface area contributed by atoms with Crippen LogP contribution in [0.1, 0.15) is 15.9 Å². The predicted octanol–water partition coefficient (Wildman–Crippen LogP) is 2.33. The van der Waals surface area contributed by atoms with Crippen molar-refractivity contribution in [3.63, 3.8) is 0 Å². The Morgan fingerprint density at radius 3 is 2.38 bits per heavy atom. The summed E-state index contributed by atoms with van der Waals surface area (Å²) in [6, 6.07) is 3.91. The molecule has 2 rings (SSSR count). The van der Waals surface area contributed by atoms with E-state index >= 15 is 0 Å². The van der Waals surface area contributed by atoms with E-state index in [4.69, 9.17) is 10.2 Å². The number of hydrogen-bond donors (Lipinski definition) is 4. The lowest BCUT2D eigenvalue weighted by molar-refractivity contribution is -0.140. The number of halogens is 3. The van der Waals surface area contributed by atoms with E-state index in [0.29, 0.717) is 11.6 Å². The molecule has 0 saturated carbocycles. The van der Waals surface area contributed by atoms with Gasteiger partial charge in [0.05, 0.1) is 23.5 Å². The van der Waals surface area contributed by atoms with E-state index in [1.54, 1.807) is 6.92 Å². The smallest absolute Gasteiger partial charge is 0.328 e. The molecule has 0 aliphatic rings. The van der Waals surface area contributed by atoms with Gasteiger partial charge in [-0.3, -0.25) is 4.79 Å². The summed E-state index contributed by atoms with van der Waals surface area (Å²) in [5.74, 6) is -6.07. The molecule has 0 saturated heterocycles. The third kappa shape index (κ3) is 4.12. The summed E-state index contributed by atoms with van der Waals surface area (Å²) >= 11 is 0. The van der Waals surface area contributed by atoms with Crippen LogP contribution in [0.15, 0.2) is 30.3 Å². The standard InChI is InChI=1S/C17H15F3N2O4/c1-8-2-5-12(11(19)6-8)21-15-9(3-4-10(18)14(15)20)16(24)22-13(7-23)17(25)26/h2-6,13,21,23H,7H2,1H3,(H,22,24)(H,25,26)/t13-/m0/s1. The van der Waals surface area contributed by atoms with Crippen molar-refractivity contribution in [1.29, 1.82) is 0 Å². The lowest BCUT2D eigenvalue weighted by Crippen LogP contribution is -2.43. The number of benzene rings is 2. The summed E-state index contributed by atoms with van der Waals surface area (Å²) in [6.45, 7) is 0.732. The van der Waals surface area contributed by atoms with Crippen LogP contribution in [0, 0.1) is 24.4 Å². The minimum absolute atomic E-state index is 0.203. The maximum absolute atomic E-state index is 14.2. The van der Waals surface area contributed by atoms with Gasteiger partial charge in [-0.1, -0.05) is 6.07 Å². The zero-order valence-electron chi connectivity index (χ0n) is 13.5. The second-order valence-electron chi connectivity index (χ2n) is 5.44. The number of carboxylic acids is 1. The minimum Gasteiger partial charge on any atom is -0.480 e. The summed E-state index contributed by atoms with van der Waals surface area (Å²) in [5, 5.41) is 22.1. The molecular formula is C17H15F3N2O4. The molecule has 6 nitrogen and oxygen atoms in total. The summed E-state index contributed by atoms with van der Waals surface area (Å²) < 4.78 is 41.7. The van der Waals surface area contributed by atoms with Gasteiger partial charge < -0.3 is 20.8 Å². The topological polar surface area (TPSA) is 98.7 Å². The maximum Gasteiger partial charge on any atom is 0.328 e. The number of carboxylic acid groups (broad SMARTS) is 1. The maximum atomic E-state index is 14.2. The van der Waals surface area contributed by atoms with Crippen LogP contribution >= 0.6 is 0 Å². The van der Waals surface area contributed by atoms with E-state index < -0.39 is 53.2 Å². The average Bonchev–Trinajstić information content (AvgIpc) is 2.58. The van der Waals surface area contributed by atoms with Crippen molar-refractivity contribution in [3.8, 4) is 0 Å². The van der Waals surface area contributed by atoms with Crippen LogP contribution in [0.3, 0.4) is 0 Å². The van der Waals surface area contributed by atoms with E-state index in [0.717, 1.165) is 12.1 Å². The van der Waals surface area contributed by atoms with Crippen molar-refractivity contribution in [2.45, 2.75) is 13.0 Å². The van der Waals surface area contributed by atoms with Crippen LogP contribution in [0.5, 0.6) is 0 Å². The molecule has 0 heterocycles. The first kappa shape index (κ1) is 19.3. The second kappa shape index (κ2) is 7.87. The molecule has 0 unspecified atom stereocenters. The molecule has 26 heavy (non-hydrogen) atoms. The van der Waals surface area contributed by atoms with Crippen LogP contribution in [-0.4, -0.2) is 34.7 Å². The quantitative estimate of drug-likeness (QED) is 0.627. The summed E-state index contributed by atoms with van der Waals surface area (Å²) in [6.07, 6.45) is 0. The molecule has 2 aromatic carbocycles. The first-order chi connectivity index (χ1) is 12.2. The molecule has 1 atom stereocenters. The van der Waals surface area contributed by atoms with Crippen molar-refractivity contribution in [2.24, 2.45) is 0 Å². The summed E-state index contributed by atoms with van der Waals surface area (Å²) in [4.78, 5) is 23.1. The van der Waals surface area contributed by atoms with Gasteiger partial charge in [0.2, 0.25) is 0 Å². The number of anilines is 2. The zero-order chi connectivity index (χ0) is 19.4. The van der Waals surface area contributed by atoms with Crippen molar-refractivity contribution >= 4 is 23.3 Å². The Bertz CT molecular complexity index is 858. The number of amides is 1. The van der Waals surface area contributed by atoms with Crippen LogP contribution in [0.2, 0.25) is 0 Å². The molecule has 0 bridgehead atoms. The number of aliphatic hydroxyl groups excluding tert-OH is 1. The molecule has 9 heteroatoms. The number of carbonyl (C=O) groups is 2. The average molecular weight is 368 g/mol. The molecule has 0 aliphatic heterocycles. The molecule has 138 valence electrons. The van der Waals surface area contributed by atoms with E-state index in [2.05, 4.69) is 5.32 Å². The fourth-order valence-corrected chi connectivity index (χ4v) is 2.14. The lowest BCUT2D eigenvalue weighted by Gasteiger charge is -2.16.